The van der Waals surface area contributed by atoms with Crippen molar-refractivity contribution in [3.63, 3.8) is 0 Å². The highest BCUT2D eigenvalue weighted by molar-refractivity contribution is 7.09. The Balaban J connectivity index is 1.62. The Bertz CT molecular complexity index is 1210. The number of carbonyl (C=O) groups is 1. The molecule has 0 aliphatic rings. The molecule has 0 spiro atoms. The van der Waals surface area contributed by atoms with Gasteiger partial charge in [-0.2, -0.15) is 10.4 Å². The molecule has 7 nitrogen and oxygen atoms in total. The number of nitrogens with one attached hydrogen (secondary N) is 1. The second-order valence-corrected chi connectivity index (χ2v) is 7.39. The van der Waals surface area contributed by atoms with E-state index < -0.39 is 0 Å². The molecule has 0 radical (unpaired) electrons. The van der Waals surface area contributed by atoms with Gasteiger partial charge in [0, 0.05) is 22.3 Å². The first-order valence-corrected chi connectivity index (χ1v) is 9.79. The van der Waals surface area contributed by atoms with E-state index in [1.807, 2.05) is 30.5 Å². The van der Waals surface area contributed by atoms with Crippen LogP contribution in [0, 0.1) is 18.3 Å². The number of nitrogens with zero attached hydrogens (tertiary/aromatic N) is 4. The number of rotatable bonds is 6. The fourth-order valence-electron chi connectivity index (χ4n) is 3.00. The van der Waals surface area contributed by atoms with E-state index in [0.29, 0.717) is 34.6 Å². The van der Waals surface area contributed by atoms with Gasteiger partial charge < -0.3 is 10.1 Å². The largest absolute Gasteiger partial charge is 0.479 e. The number of pyridine rings is 1. The molecule has 0 saturated heterocycles. The highest BCUT2D eigenvalue weighted by Crippen LogP contribution is 2.23. The fraction of sp³-hybridized carbons (Fsp3) is 0.143. The molecule has 0 bridgehead atoms. The van der Waals surface area contributed by atoms with Gasteiger partial charge in [-0.15, -0.1) is 11.3 Å². The molecular formula is C21H17N5O2S. The van der Waals surface area contributed by atoms with Crippen molar-refractivity contribution in [2.24, 2.45) is 0 Å². The summed E-state index contributed by atoms with van der Waals surface area (Å²) in [4.78, 5) is 18.7. The van der Waals surface area contributed by atoms with Gasteiger partial charge in [-0.3, -0.25) is 4.79 Å². The van der Waals surface area contributed by atoms with Gasteiger partial charge in [0.2, 0.25) is 0 Å². The zero-order valence-corrected chi connectivity index (χ0v) is 16.4. The number of anilines is 1. The Morgan fingerprint density at radius 1 is 1.31 bits per heavy atom. The SMILES string of the molecule is Cc1cc(C(=O)Nc2cccc(OCC#N)c2)c2cnn(Cc3cccs3)c2n1. The van der Waals surface area contributed by atoms with Gasteiger partial charge in [0.1, 0.15) is 11.8 Å². The molecule has 0 atom stereocenters. The number of nitriles is 1. The molecule has 0 aliphatic heterocycles. The molecule has 4 aromatic rings. The molecule has 144 valence electrons. The molecule has 1 N–H and O–H groups in total. The maximum atomic E-state index is 13.0. The van der Waals surface area contributed by atoms with Crippen molar-refractivity contribution in [1.29, 1.82) is 5.26 Å². The van der Waals surface area contributed by atoms with Crippen LogP contribution in [0.15, 0.2) is 54.0 Å². The van der Waals surface area contributed by atoms with E-state index in [9.17, 15) is 4.79 Å². The Labute approximate surface area is 171 Å². The van der Waals surface area contributed by atoms with Crippen molar-refractivity contribution in [2.75, 3.05) is 11.9 Å². The van der Waals surface area contributed by atoms with E-state index in [-0.39, 0.29) is 12.5 Å². The summed E-state index contributed by atoms with van der Waals surface area (Å²) in [6.07, 6.45) is 1.68. The summed E-state index contributed by atoms with van der Waals surface area (Å²) in [5.41, 5.74) is 2.50. The molecule has 3 aromatic heterocycles. The topological polar surface area (TPSA) is 92.8 Å². The van der Waals surface area contributed by atoms with Crippen molar-refractivity contribution in [1.82, 2.24) is 14.8 Å². The molecule has 29 heavy (non-hydrogen) atoms. The Morgan fingerprint density at radius 2 is 2.21 bits per heavy atom. The van der Waals surface area contributed by atoms with Crippen molar-refractivity contribution in [2.45, 2.75) is 13.5 Å². The maximum absolute atomic E-state index is 13.0. The molecule has 1 aromatic carbocycles. The van der Waals surface area contributed by atoms with Gasteiger partial charge >= 0.3 is 0 Å². The minimum absolute atomic E-state index is 0.0506. The lowest BCUT2D eigenvalue weighted by Crippen LogP contribution is -2.13. The number of thiophene rings is 1. The standard InChI is InChI=1S/C21H17N5O2S/c1-14-10-18(21(27)25-15-4-2-5-16(11-15)28-8-7-22)19-12-23-26(20(19)24-14)13-17-6-3-9-29-17/h2-6,9-12H,8,13H2,1H3,(H,25,27). The van der Waals surface area contributed by atoms with Gasteiger partial charge in [0.05, 0.1) is 23.7 Å². The van der Waals surface area contributed by atoms with E-state index in [1.165, 1.54) is 4.88 Å². The van der Waals surface area contributed by atoms with Crippen LogP contribution in [0.25, 0.3) is 11.0 Å². The average molecular weight is 403 g/mol. The first-order valence-electron chi connectivity index (χ1n) is 8.91. The van der Waals surface area contributed by atoms with Crippen LogP contribution < -0.4 is 10.1 Å². The second-order valence-electron chi connectivity index (χ2n) is 6.36. The van der Waals surface area contributed by atoms with Gasteiger partial charge in [0.15, 0.2) is 12.3 Å². The third-order valence-electron chi connectivity index (χ3n) is 4.26. The number of ether oxygens (including phenoxy) is 1. The third kappa shape index (κ3) is 4.10. The molecular weight excluding hydrogens is 386 g/mol. The summed E-state index contributed by atoms with van der Waals surface area (Å²) in [6.45, 7) is 2.41. The van der Waals surface area contributed by atoms with Crippen LogP contribution >= 0.6 is 11.3 Å². The predicted molar refractivity (Wildman–Crippen MR) is 111 cm³/mol. The molecule has 1 amide bonds. The summed E-state index contributed by atoms with van der Waals surface area (Å²) in [6, 6.07) is 14.7. The molecule has 0 aliphatic carbocycles. The lowest BCUT2D eigenvalue weighted by atomic mass is 10.1. The molecule has 0 unspecified atom stereocenters. The number of aryl methyl sites for hydroxylation is 1. The van der Waals surface area contributed by atoms with Crippen LogP contribution in [0.3, 0.4) is 0 Å². The summed E-state index contributed by atoms with van der Waals surface area (Å²) in [5.74, 6) is 0.262. The second kappa shape index (κ2) is 8.12. The zero-order chi connectivity index (χ0) is 20.2. The molecule has 3 heterocycles. The summed E-state index contributed by atoms with van der Waals surface area (Å²) < 4.78 is 7.10. The number of carbonyl (C=O) groups excluding carboxylic acids is 1. The normalized spacial score (nSPS) is 10.6. The first-order chi connectivity index (χ1) is 14.1. The lowest BCUT2D eigenvalue weighted by Gasteiger charge is -2.09. The van der Waals surface area contributed by atoms with Crippen LogP contribution in [0.2, 0.25) is 0 Å². The number of fused-ring (bicyclic) bond motifs is 1. The smallest absolute Gasteiger partial charge is 0.256 e. The van der Waals surface area contributed by atoms with E-state index in [1.54, 1.807) is 52.5 Å². The summed E-state index contributed by atoms with van der Waals surface area (Å²) in [5, 5.41) is 18.7. The number of benzene rings is 1. The molecule has 4 rings (SSSR count). The van der Waals surface area contributed by atoms with Crippen molar-refractivity contribution < 1.29 is 9.53 Å². The lowest BCUT2D eigenvalue weighted by molar-refractivity contribution is 0.102. The third-order valence-corrected chi connectivity index (χ3v) is 5.12. The number of hydrogen-bond donors (Lipinski definition) is 1. The van der Waals surface area contributed by atoms with Crippen LogP contribution in [0.1, 0.15) is 20.9 Å². The van der Waals surface area contributed by atoms with Gasteiger partial charge in [-0.25, -0.2) is 9.67 Å². The number of hydrogen-bond acceptors (Lipinski definition) is 6. The van der Waals surface area contributed by atoms with Gasteiger partial charge in [-0.1, -0.05) is 12.1 Å². The van der Waals surface area contributed by atoms with E-state index >= 15 is 0 Å². The molecule has 0 fully saturated rings. The van der Waals surface area contributed by atoms with Crippen molar-refractivity contribution in [3.8, 4) is 11.8 Å². The van der Waals surface area contributed by atoms with Gasteiger partial charge in [-0.05, 0) is 36.6 Å². The quantitative estimate of drug-likeness (QED) is 0.525. The summed E-state index contributed by atoms with van der Waals surface area (Å²) >= 11 is 1.65. The fourth-order valence-corrected chi connectivity index (χ4v) is 3.69. The predicted octanol–water partition coefficient (Wildman–Crippen LogP) is 4.00. The van der Waals surface area contributed by atoms with Crippen LogP contribution in [-0.2, 0) is 6.54 Å². The van der Waals surface area contributed by atoms with Crippen molar-refractivity contribution >= 4 is 34.0 Å². The minimum atomic E-state index is -0.256. The first kappa shape index (κ1) is 18.7. The van der Waals surface area contributed by atoms with E-state index in [4.69, 9.17) is 10.00 Å². The van der Waals surface area contributed by atoms with Crippen molar-refractivity contribution in [3.05, 3.63) is 70.2 Å². The molecule has 0 saturated carbocycles. The van der Waals surface area contributed by atoms with E-state index in [2.05, 4.69) is 15.4 Å². The monoisotopic (exact) mass is 403 g/mol. The van der Waals surface area contributed by atoms with Crippen LogP contribution in [-0.4, -0.2) is 27.3 Å². The summed E-state index contributed by atoms with van der Waals surface area (Å²) in [7, 11) is 0. The highest BCUT2D eigenvalue weighted by Gasteiger charge is 2.16. The number of amides is 1. The molecule has 8 heteroatoms. The van der Waals surface area contributed by atoms with Crippen LogP contribution in [0.5, 0.6) is 5.75 Å². The Kier molecular flexibility index (Phi) is 5.22. The highest BCUT2D eigenvalue weighted by atomic mass is 32.1. The zero-order valence-electron chi connectivity index (χ0n) is 15.6. The Hall–Kier alpha value is -3.70. The average Bonchev–Trinajstić information content (AvgIpc) is 3.37. The van der Waals surface area contributed by atoms with E-state index in [0.717, 1.165) is 5.69 Å². The number of aromatic nitrogens is 3. The minimum Gasteiger partial charge on any atom is -0.479 e. The van der Waals surface area contributed by atoms with Gasteiger partial charge in [0.25, 0.3) is 5.91 Å². The maximum Gasteiger partial charge on any atom is 0.256 e. The van der Waals surface area contributed by atoms with Crippen LogP contribution in [0.4, 0.5) is 5.69 Å². The Morgan fingerprint density at radius 3 is 3.00 bits per heavy atom.